The number of amides is 1. The Morgan fingerprint density at radius 3 is 1.63 bits per heavy atom. The maximum absolute atomic E-state index is 10.6. The number of carbonyl (C=O) groups is 1. The summed E-state index contributed by atoms with van der Waals surface area (Å²) in [6.07, 6.45) is 11.9. The van der Waals surface area contributed by atoms with Crippen molar-refractivity contribution in [1.29, 1.82) is 0 Å². The van der Waals surface area contributed by atoms with Crippen molar-refractivity contribution < 1.29 is 4.79 Å². The molecule has 114 valence electrons. The average molecular weight is 270 g/mol. The van der Waals surface area contributed by atoms with Gasteiger partial charge in [0.25, 0.3) is 0 Å². The quantitative estimate of drug-likeness (QED) is 0.502. The Morgan fingerprint density at radius 1 is 0.789 bits per heavy atom. The van der Waals surface area contributed by atoms with Crippen molar-refractivity contribution in [3.63, 3.8) is 0 Å². The number of hydrogen-bond donors (Lipinski definition) is 2. The van der Waals surface area contributed by atoms with Gasteiger partial charge >= 0.3 is 0 Å². The molecule has 0 aromatic rings. The Bertz CT molecular complexity index is 205. The average Bonchev–Trinajstić information content (AvgIpc) is 2.34. The molecular formula is C16H34N2O. The van der Waals surface area contributed by atoms with Crippen LogP contribution in [0.4, 0.5) is 0 Å². The van der Waals surface area contributed by atoms with Gasteiger partial charge in [-0.3, -0.25) is 4.79 Å². The standard InChI is InChI=1S/C16H34N2O/c1-15(2)17-13-11-9-7-5-4-6-8-10-12-14-18-16(3)19/h15,17H,4-14H2,1-3H3,(H,18,19). The van der Waals surface area contributed by atoms with E-state index in [1.807, 2.05) is 0 Å². The fraction of sp³-hybridized carbons (Fsp3) is 0.938. The largest absolute Gasteiger partial charge is 0.356 e. The minimum Gasteiger partial charge on any atom is -0.356 e. The van der Waals surface area contributed by atoms with Crippen molar-refractivity contribution >= 4 is 5.91 Å². The van der Waals surface area contributed by atoms with E-state index in [-0.39, 0.29) is 5.91 Å². The van der Waals surface area contributed by atoms with Crippen LogP contribution in [0.3, 0.4) is 0 Å². The van der Waals surface area contributed by atoms with Crippen LogP contribution in [0, 0.1) is 0 Å². The predicted octanol–water partition coefficient (Wildman–Crippen LogP) is 3.63. The van der Waals surface area contributed by atoms with Crippen molar-refractivity contribution in [3.8, 4) is 0 Å². The fourth-order valence-electron chi connectivity index (χ4n) is 2.14. The third-order valence-electron chi connectivity index (χ3n) is 3.28. The third kappa shape index (κ3) is 17.4. The minimum atomic E-state index is 0.0898. The maximum atomic E-state index is 10.6. The zero-order chi connectivity index (χ0) is 14.3. The van der Waals surface area contributed by atoms with E-state index in [9.17, 15) is 4.79 Å². The summed E-state index contributed by atoms with van der Waals surface area (Å²) in [4.78, 5) is 10.6. The van der Waals surface area contributed by atoms with Crippen molar-refractivity contribution in [3.05, 3.63) is 0 Å². The molecule has 0 aromatic carbocycles. The summed E-state index contributed by atoms with van der Waals surface area (Å²) in [5.74, 6) is 0.0898. The van der Waals surface area contributed by atoms with E-state index in [2.05, 4.69) is 24.5 Å². The fourth-order valence-corrected chi connectivity index (χ4v) is 2.14. The van der Waals surface area contributed by atoms with Crippen LogP contribution in [-0.2, 0) is 4.79 Å². The van der Waals surface area contributed by atoms with Gasteiger partial charge in [0.15, 0.2) is 0 Å². The van der Waals surface area contributed by atoms with E-state index in [1.165, 1.54) is 57.9 Å². The SMILES string of the molecule is CC(=O)NCCCCCCCCCCCNC(C)C. The molecule has 3 heteroatoms. The van der Waals surface area contributed by atoms with Crippen LogP contribution in [0.1, 0.15) is 78.6 Å². The van der Waals surface area contributed by atoms with E-state index in [0.717, 1.165) is 13.0 Å². The molecular weight excluding hydrogens is 236 g/mol. The normalized spacial score (nSPS) is 10.9. The molecule has 0 bridgehead atoms. The van der Waals surface area contributed by atoms with Gasteiger partial charge in [-0.1, -0.05) is 58.8 Å². The zero-order valence-electron chi connectivity index (χ0n) is 13.3. The monoisotopic (exact) mass is 270 g/mol. The molecule has 19 heavy (non-hydrogen) atoms. The highest BCUT2D eigenvalue weighted by Crippen LogP contribution is 2.09. The van der Waals surface area contributed by atoms with Gasteiger partial charge in [0.2, 0.25) is 5.91 Å². The molecule has 0 aliphatic carbocycles. The van der Waals surface area contributed by atoms with Crippen LogP contribution in [0.5, 0.6) is 0 Å². The van der Waals surface area contributed by atoms with Crippen LogP contribution in [0.25, 0.3) is 0 Å². The van der Waals surface area contributed by atoms with Crippen molar-refractivity contribution in [2.24, 2.45) is 0 Å². The lowest BCUT2D eigenvalue weighted by molar-refractivity contribution is -0.118. The Labute approximate surface area is 119 Å². The Balaban J connectivity index is 2.97. The van der Waals surface area contributed by atoms with Gasteiger partial charge in [-0.05, 0) is 19.4 Å². The van der Waals surface area contributed by atoms with Crippen LogP contribution < -0.4 is 10.6 Å². The minimum absolute atomic E-state index is 0.0898. The molecule has 0 heterocycles. The van der Waals surface area contributed by atoms with E-state index in [1.54, 1.807) is 6.92 Å². The van der Waals surface area contributed by atoms with E-state index in [0.29, 0.717) is 6.04 Å². The van der Waals surface area contributed by atoms with Crippen LogP contribution in [0.2, 0.25) is 0 Å². The molecule has 0 spiro atoms. The van der Waals surface area contributed by atoms with E-state index in [4.69, 9.17) is 0 Å². The predicted molar refractivity (Wildman–Crippen MR) is 83.4 cm³/mol. The lowest BCUT2D eigenvalue weighted by atomic mass is 10.1. The molecule has 0 saturated heterocycles. The van der Waals surface area contributed by atoms with Gasteiger partial charge in [-0.25, -0.2) is 0 Å². The van der Waals surface area contributed by atoms with Gasteiger partial charge in [0.05, 0.1) is 0 Å². The second-order valence-electron chi connectivity index (χ2n) is 5.77. The summed E-state index contributed by atoms with van der Waals surface area (Å²) in [5, 5.41) is 6.29. The summed E-state index contributed by atoms with van der Waals surface area (Å²) in [7, 11) is 0. The number of carbonyl (C=O) groups excluding carboxylic acids is 1. The van der Waals surface area contributed by atoms with Gasteiger partial charge < -0.3 is 10.6 Å². The first-order valence-corrected chi connectivity index (χ1v) is 8.10. The molecule has 1 amide bonds. The van der Waals surface area contributed by atoms with Crippen LogP contribution >= 0.6 is 0 Å². The molecule has 3 nitrogen and oxygen atoms in total. The maximum Gasteiger partial charge on any atom is 0.216 e. The highest BCUT2D eigenvalue weighted by Gasteiger charge is 1.95. The first-order chi connectivity index (χ1) is 9.13. The van der Waals surface area contributed by atoms with Crippen LogP contribution in [-0.4, -0.2) is 25.0 Å². The molecule has 0 radical (unpaired) electrons. The van der Waals surface area contributed by atoms with Gasteiger partial charge in [-0.2, -0.15) is 0 Å². The van der Waals surface area contributed by atoms with E-state index >= 15 is 0 Å². The number of unbranched alkanes of at least 4 members (excludes halogenated alkanes) is 8. The Morgan fingerprint density at radius 2 is 1.21 bits per heavy atom. The molecule has 0 unspecified atom stereocenters. The first kappa shape index (κ1) is 18.4. The van der Waals surface area contributed by atoms with Gasteiger partial charge in [0.1, 0.15) is 0 Å². The number of rotatable bonds is 13. The summed E-state index contributed by atoms with van der Waals surface area (Å²) < 4.78 is 0. The number of nitrogens with one attached hydrogen (secondary N) is 2. The number of hydrogen-bond acceptors (Lipinski definition) is 2. The van der Waals surface area contributed by atoms with Crippen LogP contribution in [0.15, 0.2) is 0 Å². The molecule has 0 atom stereocenters. The molecule has 0 saturated carbocycles. The zero-order valence-corrected chi connectivity index (χ0v) is 13.3. The summed E-state index contributed by atoms with van der Waals surface area (Å²) in [5.41, 5.74) is 0. The first-order valence-electron chi connectivity index (χ1n) is 8.10. The molecule has 0 aromatic heterocycles. The second-order valence-corrected chi connectivity index (χ2v) is 5.77. The summed E-state index contributed by atoms with van der Waals surface area (Å²) in [6, 6.07) is 0.623. The Hall–Kier alpha value is -0.570. The lowest BCUT2D eigenvalue weighted by Crippen LogP contribution is -2.23. The molecule has 0 fully saturated rings. The second kappa shape index (κ2) is 13.9. The molecule has 0 rings (SSSR count). The van der Waals surface area contributed by atoms with Gasteiger partial charge in [-0.15, -0.1) is 0 Å². The van der Waals surface area contributed by atoms with Gasteiger partial charge in [0, 0.05) is 19.5 Å². The molecule has 0 aliphatic heterocycles. The van der Waals surface area contributed by atoms with Crippen molar-refractivity contribution in [2.45, 2.75) is 84.6 Å². The van der Waals surface area contributed by atoms with Crippen molar-refractivity contribution in [2.75, 3.05) is 13.1 Å². The summed E-state index contributed by atoms with van der Waals surface area (Å²) >= 11 is 0. The summed E-state index contributed by atoms with van der Waals surface area (Å²) in [6.45, 7) is 7.99. The highest BCUT2D eigenvalue weighted by molar-refractivity contribution is 5.72. The topological polar surface area (TPSA) is 41.1 Å². The van der Waals surface area contributed by atoms with Crippen molar-refractivity contribution in [1.82, 2.24) is 10.6 Å². The molecule has 0 aliphatic rings. The molecule has 2 N–H and O–H groups in total. The Kier molecular flexibility index (Phi) is 13.4. The smallest absolute Gasteiger partial charge is 0.216 e. The highest BCUT2D eigenvalue weighted by atomic mass is 16.1. The third-order valence-corrected chi connectivity index (χ3v) is 3.28. The lowest BCUT2D eigenvalue weighted by Gasteiger charge is -2.07. The van der Waals surface area contributed by atoms with E-state index < -0.39 is 0 Å².